The van der Waals surface area contributed by atoms with E-state index in [1.165, 1.54) is 23.5 Å². The van der Waals surface area contributed by atoms with E-state index in [-0.39, 0.29) is 11.7 Å². The maximum atomic E-state index is 13.3. The quantitative estimate of drug-likeness (QED) is 0.782. The van der Waals surface area contributed by atoms with Crippen LogP contribution >= 0.6 is 11.3 Å². The molecule has 0 spiro atoms. The van der Waals surface area contributed by atoms with Gasteiger partial charge in [0.1, 0.15) is 10.9 Å². The van der Waals surface area contributed by atoms with E-state index in [0.717, 1.165) is 6.07 Å². The van der Waals surface area contributed by atoms with Crippen LogP contribution in [0.5, 0.6) is 5.75 Å². The Balaban J connectivity index is 2.02. The summed E-state index contributed by atoms with van der Waals surface area (Å²) in [5.74, 6) is -0.804. The number of nitrogens with zero attached hydrogens (tertiary/aromatic N) is 3. The Bertz CT molecular complexity index is 819. The Labute approximate surface area is 116 Å². The van der Waals surface area contributed by atoms with Crippen molar-refractivity contribution in [1.29, 1.82) is 5.26 Å². The van der Waals surface area contributed by atoms with Gasteiger partial charge in [-0.15, -0.1) is 11.3 Å². The number of aromatic nitrogens is 2. The number of rotatable bonds is 2. The fraction of sp³-hybridized carbons (Fsp3) is 0. The number of hydrogen-bond acceptors (Lipinski definition) is 6. The van der Waals surface area contributed by atoms with Crippen LogP contribution in [0.15, 0.2) is 34.2 Å². The first kappa shape index (κ1) is 12.3. The van der Waals surface area contributed by atoms with E-state index in [1.807, 2.05) is 6.07 Å². The third-order valence-corrected chi connectivity index (χ3v) is 3.51. The van der Waals surface area contributed by atoms with Crippen LogP contribution in [-0.4, -0.2) is 15.2 Å². The summed E-state index contributed by atoms with van der Waals surface area (Å²) in [6.45, 7) is 0. The summed E-state index contributed by atoms with van der Waals surface area (Å²) >= 11 is 1.31. The number of benzene rings is 1. The van der Waals surface area contributed by atoms with E-state index < -0.39 is 11.6 Å². The summed E-state index contributed by atoms with van der Waals surface area (Å²) in [4.78, 5) is 4.71. The number of thiophene rings is 1. The highest BCUT2D eigenvalue weighted by molar-refractivity contribution is 7.13. The first-order valence-electron chi connectivity index (χ1n) is 5.49. The molecule has 2 aromatic heterocycles. The largest absolute Gasteiger partial charge is 0.505 e. The van der Waals surface area contributed by atoms with Gasteiger partial charge in [0.25, 0.3) is 5.89 Å². The maximum Gasteiger partial charge on any atom is 0.269 e. The Hall–Kier alpha value is -2.72. The molecule has 0 aliphatic carbocycles. The van der Waals surface area contributed by atoms with Crippen LogP contribution in [0.2, 0.25) is 0 Å². The Morgan fingerprint density at radius 3 is 2.95 bits per heavy atom. The van der Waals surface area contributed by atoms with Gasteiger partial charge in [0, 0.05) is 5.56 Å². The molecule has 0 aliphatic heterocycles. The fourth-order valence-corrected chi connectivity index (χ4v) is 2.41. The minimum absolute atomic E-state index is 0.191. The first-order valence-corrected chi connectivity index (χ1v) is 6.37. The molecule has 0 atom stereocenters. The molecule has 5 nitrogen and oxygen atoms in total. The van der Waals surface area contributed by atoms with Gasteiger partial charge >= 0.3 is 0 Å². The van der Waals surface area contributed by atoms with E-state index in [2.05, 4.69) is 10.1 Å². The van der Waals surface area contributed by atoms with Gasteiger partial charge in [-0.3, -0.25) is 0 Å². The second-order valence-electron chi connectivity index (χ2n) is 3.86. The standard InChI is InChI=1S/C13H6FN3O2S/c14-9-5-7(1-2-10(9)18)12-16-13(19-17-12)11-8(6-15)3-4-20-11/h1-5,18H. The summed E-state index contributed by atoms with van der Waals surface area (Å²) in [6.07, 6.45) is 0. The molecule has 0 aliphatic rings. The average Bonchev–Trinajstić information content (AvgIpc) is 3.09. The molecule has 98 valence electrons. The molecular formula is C13H6FN3O2S. The number of hydrogen-bond donors (Lipinski definition) is 1. The summed E-state index contributed by atoms with van der Waals surface area (Å²) in [7, 11) is 0. The zero-order chi connectivity index (χ0) is 14.1. The van der Waals surface area contributed by atoms with Crippen LogP contribution in [-0.2, 0) is 0 Å². The first-order chi connectivity index (χ1) is 9.69. The molecule has 7 heteroatoms. The van der Waals surface area contributed by atoms with Gasteiger partial charge in [0.2, 0.25) is 5.82 Å². The topological polar surface area (TPSA) is 82.9 Å². The van der Waals surface area contributed by atoms with Crippen molar-refractivity contribution in [2.24, 2.45) is 0 Å². The van der Waals surface area contributed by atoms with Crippen LogP contribution in [0, 0.1) is 17.1 Å². The molecule has 3 aromatic rings. The van der Waals surface area contributed by atoms with Crippen molar-refractivity contribution in [3.8, 4) is 34.0 Å². The summed E-state index contributed by atoms with van der Waals surface area (Å²) in [6, 6.07) is 7.49. The minimum atomic E-state index is -0.761. The molecule has 2 heterocycles. The molecule has 0 unspecified atom stereocenters. The highest BCUT2D eigenvalue weighted by Gasteiger charge is 2.16. The molecule has 0 radical (unpaired) electrons. The van der Waals surface area contributed by atoms with Gasteiger partial charge in [-0.1, -0.05) is 5.16 Å². The molecular weight excluding hydrogens is 281 g/mol. The Kier molecular flexibility index (Phi) is 2.93. The molecule has 20 heavy (non-hydrogen) atoms. The lowest BCUT2D eigenvalue weighted by atomic mass is 10.2. The van der Waals surface area contributed by atoms with Crippen LogP contribution in [0.25, 0.3) is 22.2 Å². The zero-order valence-electron chi connectivity index (χ0n) is 9.87. The van der Waals surface area contributed by atoms with Crippen LogP contribution in [0.4, 0.5) is 4.39 Å². The lowest BCUT2D eigenvalue weighted by Gasteiger charge is -1.96. The van der Waals surface area contributed by atoms with Gasteiger partial charge < -0.3 is 9.63 Å². The van der Waals surface area contributed by atoms with E-state index in [0.29, 0.717) is 16.0 Å². The summed E-state index contributed by atoms with van der Waals surface area (Å²) in [5, 5.41) is 23.6. The number of phenolic OH excluding ortho intramolecular Hbond substituents is 1. The average molecular weight is 287 g/mol. The molecule has 1 N–H and O–H groups in total. The molecule has 0 bridgehead atoms. The van der Waals surface area contributed by atoms with Crippen molar-refractivity contribution in [1.82, 2.24) is 10.1 Å². The monoisotopic (exact) mass is 287 g/mol. The highest BCUT2D eigenvalue weighted by atomic mass is 32.1. The van der Waals surface area contributed by atoms with Crippen molar-refractivity contribution in [3.05, 3.63) is 41.0 Å². The third kappa shape index (κ3) is 2.02. The smallest absolute Gasteiger partial charge is 0.269 e. The van der Waals surface area contributed by atoms with E-state index in [1.54, 1.807) is 11.4 Å². The van der Waals surface area contributed by atoms with E-state index >= 15 is 0 Å². The van der Waals surface area contributed by atoms with E-state index in [4.69, 9.17) is 14.9 Å². The van der Waals surface area contributed by atoms with Gasteiger partial charge in [-0.2, -0.15) is 10.2 Å². The van der Waals surface area contributed by atoms with Crippen molar-refractivity contribution < 1.29 is 14.0 Å². The van der Waals surface area contributed by atoms with Crippen molar-refractivity contribution in [3.63, 3.8) is 0 Å². The summed E-state index contributed by atoms with van der Waals surface area (Å²) in [5.41, 5.74) is 0.826. The SMILES string of the molecule is N#Cc1ccsc1-c1nc(-c2ccc(O)c(F)c2)no1. The molecule has 3 rings (SSSR count). The molecule has 0 saturated carbocycles. The molecule has 0 saturated heterocycles. The second kappa shape index (κ2) is 4.75. The zero-order valence-corrected chi connectivity index (χ0v) is 10.7. The number of phenols is 1. The minimum Gasteiger partial charge on any atom is -0.505 e. The van der Waals surface area contributed by atoms with Crippen LogP contribution in [0.3, 0.4) is 0 Å². The number of nitriles is 1. The molecule has 0 amide bonds. The summed E-state index contributed by atoms with van der Waals surface area (Å²) < 4.78 is 18.4. The lowest BCUT2D eigenvalue weighted by molar-refractivity contribution is 0.430. The lowest BCUT2D eigenvalue weighted by Crippen LogP contribution is -1.83. The van der Waals surface area contributed by atoms with Crippen molar-refractivity contribution >= 4 is 11.3 Å². The van der Waals surface area contributed by atoms with Gasteiger partial charge in [-0.25, -0.2) is 4.39 Å². The van der Waals surface area contributed by atoms with Gasteiger partial charge in [-0.05, 0) is 29.6 Å². The number of aromatic hydroxyl groups is 1. The Morgan fingerprint density at radius 1 is 1.35 bits per heavy atom. The van der Waals surface area contributed by atoms with Crippen molar-refractivity contribution in [2.45, 2.75) is 0 Å². The second-order valence-corrected chi connectivity index (χ2v) is 4.78. The highest BCUT2D eigenvalue weighted by Crippen LogP contribution is 2.30. The predicted octanol–water partition coefficient (Wildman–Crippen LogP) is 3.18. The van der Waals surface area contributed by atoms with Crippen LogP contribution < -0.4 is 0 Å². The predicted molar refractivity (Wildman–Crippen MR) is 69.4 cm³/mol. The van der Waals surface area contributed by atoms with E-state index in [9.17, 15) is 4.39 Å². The number of halogens is 1. The molecule has 0 fully saturated rings. The normalized spacial score (nSPS) is 10.4. The van der Waals surface area contributed by atoms with Crippen molar-refractivity contribution in [2.75, 3.05) is 0 Å². The Morgan fingerprint density at radius 2 is 2.20 bits per heavy atom. The molecule has 1 aromatic carbocycles. The third-order valence-electron chi connectivity index (χ3n) is 2.61. The van der Waals surface area contributed by atoms with Gasteiger partial charge in [0.05, 0.1) is 5.56 Å². The van der Waals surface area contributed by atoms with Gasteiger partial charge in [0.15, 0.2) is 11.6 Å². The maximum absolute atomic E-state index is 13.3. The fourth-order valence-electron chi connectivity index (χ4n) is 1.64. The van der Waals surface area contributed by atoms with Crippen LogP contribution in [0.1, 0.15) is 5.56 Å².